The van der Waals surface area contributed by atoms with Crippen LogP contribution in [0.25, 0.3) is 0 Å². The van der Waals surface area contributed by atoms with Crippen molar-refractivity contribution in [1.82, 2.24) is 10.2 Å². The molecule has 5 nitrogen and oxygen atoms in total. The zero-order valence-electron chi connectivity index (χ0n) is 11.6. The second-order valence-electron chi connectivity index (χ2n) is 4.82. The van der Waals surface area contributed by atoms with Gasteiger partial charge in [0.05, 0.1) is 5.88 Å². The summed E-state index contributed by atoms with van der Waals surface area (Å²) in [5.41, 5.74) is 0. The normalized spacial score (nSPS) is 18.6. The van der Waals surface area contributed by atoms with Crippen molar-refractivity contribution in [2.75, 3.05) is 18.2 Å². The van der Waals surface area contributed by atoms with Crippen molar-refractivity contribution in [2.24, 2.45) is 0 Å². The summed E-state index contributed by atoms with van der Waals surface area (Å²) in [7, 11) is 0. The summed E-state index contributed by atoms with van der Waals surface area (Å²) >= 11 is 1.48. The maximum Gasteiger partial charge on any atom is 0.327 e. The Morgan fingerprint density at radius 1 is 1.26 bits per heavy atom. The Morgan fingerprint density at radius 3 is 2.63 bits per heavy atom. The molecule has 1 heterocycles. The largest absolute Gasteiger partial charge is 0.480 e. The number of hydrogen-bond acceptors (Lipinski definition) is 3. The van der Waals surface area contributed by atoms with Gasteiger partial charge in [0.2, 0.25) is 0 Å². The summed E-state index contributed by atoms with van der Waals surface area (Å²) in [6, 6.07) is -0.916. The number of carboxylic acid groups (broad SMARTS) is 1. The molecule has 1 saturated heterocycles. The van der Waals surface area contributed by atoms with Gasteiger partial charge in [0.15, 0.2) is 0 Å². The van der Waals surface area contributed by atoms with Crippen molar-refractivity contribution in [3.63, 3.8) is 0 Å². The number of carbonyl (C=O) groups is 2. The van der Waals surface area contributed by atoms with Crippen molar-refractivity contribution in [1.29, 1.82) is 0 Å². The van der Waals surface area contributed by atoms with E-state index in [4.69, 9.17) is 5.11 Å². The Hall–Kier alpha value is -0.910. The Kier molecular flexibility index (Phi) is 7.70. The molecule has 110 valence electrons. The number of urea groups is 1. The lowest BCUT2D eigenvalue weighted by Gasteiger charge is -2.20. The summed E-state index contributed by atoms with van der Waals surface area (Å²) in [6.07, 6.45) is 7.07. The van der Waals surface area contributed by atoms with E-state index >= 15 is 0 Å². The van der Waals surface area contributed by atoms with Crippen LogP contribution in [0, 0.1) is 0 Å². The third kappa shape index (κ3) is 5.72. The molecule has 2 amide bonds. The van der Waals surface area contributed by atoms with Gasteiger partial charge in [0.25, 0.3) is 0 Å². The van der Waals surface area contributed by atoms with Crippen molar-refractivity contribution < 1.29 is 14.7 Å². The number of nitrogens with one attached hydrogen (secondary N) is 1. The van der Waals surface area contributed by atoms with Crippen LogP contribution < -0.4 is 5.32 Å². The Morgan fingerprint density at radius 2 is 1.95 bits per heavy atom. The van der Waals surface area contributed by atoms with Crippen molar-refractivity contribution in [3.8, 4) is 0 Å². The molecule has 0 aliphatic carbocycles. The van der Waals surface area contributed by atoms with E-state index in [9.17, 15) is 9.59 Å². The third-order valence-electron chi connectivity index (χ3n) is 3.23. The van der Waals surface area contributed by atoms with Crippen molar-refractivity contribution >= 4 is 23.8 Å². The van der Waals surface area contributed by atoms with E-state index < -0.39 is 12.0 Å². The highest BCUT2D eigenvalue weighted by Crippen LogP contribution is 2.20. The van der Waals surface area contributed by atoms with Gasteiger partial charge in [0.1, 0.15) is 6.04 Å². The molecule has 0 aromatic rings. The van der Waals surface area contributed by atoms with E-state index in [1.54, 1.807) is 0 Å². The van der Waals surface area contributed by atoms with E-state index in [1.165, 1.54) is 42.3 Å². The average Bonchev–Trinajstić information content (AvgIpc) is 2.87. The second-order valence-corrected chi connectivity index (χ2v) is 5.82. The molecule has 0 bridgehead atoms. The quantitative estimate of drug-likeness (QED) is 0.673. The van der Waals surface area contributed by atoms with Gasteiger partial charge in [-0.05, 0) is 6.42 Å². The van der Waals surface area contributed by atoms with Gasteiger partial charge < -0.3 is 15.3 Å². The molecule has 0 aromatic carbocycles. The minimum Gasteiger partial charge on any atom is -0.480 e. The van der Waals surface area contributed by atoms with E-state index in [-0.39, 0.29) is 6.03 Å². The van der Waals surface area contributed by atoms with Crippen LogP contribution in [0.5, 0.6) is 0 Å². The maximum atomic E-state index is 11.8. The van der Waals surface area contributed by atoms with E-state index in [1.807, 2.05) is 0 Å². The van der Waals surface area contributed by atoms with Gasteiger partial charge in [-0.15, -0.1) is 11.8 Å². The lowest BCUT2D eigenvalue weighted by atomic mass is 10.1. The van der Waals surface area contributed by atoms with Gasteiger partial charge in [0, 0.05) is 12.3 Å². The van der Waals surface area contributed by atoms with Gasteiger partial charge in [-0.2, -0.15) is 0 Å². The highest BCUT2D eigenvalue weighted by molar-refractivity contribution is 7.99. The number of carboxylic acids is 1. The first kappa shape index (κ1) is 16.1. The maximum absolute atomic E-state index is 11.8. The molecule has 0 aromatic heterocycles. The number of aliphatic carboxylic acids is 1. The van der Waals surface area contributed by atoms with Gasteiger partial charge in [-0.25, -0.2) is 9.59 Å². The lowest BCUT2D eigenvalue weighted by Crippen LogP contribution is -2.47. The van der Waals surface area contributed by atoms with E-state index in [2.05, 4.69) is 12.2 Å². The van der Waals surface area contributed by atoms with Gasteiger partial charge in [-0.3, -0.25) is 0 Å². The monoisotopic (exact) mass is 288 g/mol. The Balaban J connectivity index is 2.12. The molecule has 1 aliphatic heterocycles. The summed E-state index contributed by atoms with van der Waals surface area (Å²) in [6.45, 7) is 2.83. The fourth-order valence-electron chi connectivity index (χ4n) is 2.05. The molecule has 1 atom stereocenters. The number of rotatable bonds is 8. The predicted molar refractivity (Wildman–Crippen MR) is 77.4 cm³/mol. The number of thioether (sulfide) groups is 1. The zero-order valence-corrected chi connectivity index (χ0v) is 12.4. The first-order valence-electron chi connectivity index (χ1n) is 7.01. The van der Waals surface area contributed by atoms with Crippen LogP contribution in [-0.2, 0) is 4.79 Å². The molecule has 1 aliphatic rings. The molecule has 1 unspecified atom stereocenters. The summed E-state index contributed by atoms with van der Waals surface area (Å²) in [5, 5.41) is 11.8. The smallest absolute Gasteiger partial charge is 0.327 e. The van der Waals surface area contributed by atoms with Crippen LogP contribution in [-0.4, -0.2) is 46.2 Å². The molecule has 2 N–H and O–H groups in total. The Bertz CT molecular complexity index is 300. The van der Waals surface area contributed by atoms with Gasteiger partial charge in [-0.1, -0.05) is 39.0 Å². The summed E-state index contributed by atoms with van der Waals surface area (Å²) in [4.78, 5) is 24.2. The Labute approximate surface area is 119 Å². The predicted octanol–water partition coefficient (Wildman–Crippen LogP) is 2.52. The number of nitrogens with zero attached hydrogens (tertiary/aromatic N) is 1. The highest BCUT2D eigenvalue weighted by atomic mass is 32.2. The number of hydrogen-bond donors (Lipinski definition) is 2. The number of amides is 2. The van der Waals surface area contributed by atoms with Crippen LogP contribution in [0.1, 0.15) is 45.4 Å². The fraction of sp³-hybridized carbons (Fsp3) is 0.846. The van der Waals surface area contributed by atoms with Crippen LogP contribution in [0.15, 0.2) is 0 Å². The molecule has 0 spiro atoms. The van der Waals surface area contributed by atoms with E-state index in [0.717, 1.165) is 12.8 Å². The van der Waals surface area contributed by atoms with E-state index in [0.29, 0.717) is 18.2 Å². The first-order chi connectivity index (χ1) is 9.16. The number of unbranched alkanes of at least 4 members (excludes halogenated alkanes) is 5. The van der Waals surface area contributed by atoms with Crippen LogP contribution >= 0.6 is 11.8 Å². The van der Waals surface area contributed by atoms with Crippen LogP contribution in [0.2, 0.25) is 0 Å². The zero-order chi connectivity index (χ0) is 14.1. The molecule has 1 fully saturated rings. The molecular formula is C13H24N2O3S. The summed E-state index contributed by atoms with van der Waals surface area (Å²) in [5.74, 6) is 0.0405. The average molecular weight is 288 g/mol. The highest BCUT2D eigenvalue weighted by Gasteiger charge is 2.34. The molecule has 0 radical (unpaired) electrons. The lowest BCUT2D eigenvalue weighted by molar-refractivity contribution is -0.140. The topological polar surface area (TPSA) is 69.6 Å². The molecular weight excluding hydrogens is 264 g/mol. The molecule has 19 heavy (non-hydrogen) atoms. The summed E-state index contributed by atoms with van der Waals surface area (Å²) < 4.78 is 0. The molecule has 6 heteroatoms. The third-order valence-corrected chi connectivity index (χ3v) is 4.25. The molecule has 1 rings (SSSR count). The molecule has 0 saturated carbocycles. The standard InChI is InChI=1S/C13H24N2O3S/c1-2-3-4-5-6-7-8-14-13(18)15-10-19-9-11(15)12(16)17/h11H,2-10H2,1H3,(H,14,18)(H,16,17). The van der Waals surface area contributed by atoms with Crippen LogP contribution in [0.4, 0.5) is 4.79 Å². The van der Waals surface area contributed by atoms with Crippen LogP contribution in [0.3, 0.4) is 0 Å². The second kappa shape index (κ2) is 9.07. The minimum absolute atomic E-state index is 0.244. The number of carbonyl (C=O) groups excluding carboxylic acids is 1. The van der Waals surface area contributed by atoms with Gasteiger partial charge >= 0.3 is 12.0 Å². The fourth-order valence-corrected chi connectivity index (χ4v) is 3.19. The SMILES string of the molecule is CCCCCCCCNC(=O)N1CSCC1C(=O)O. The minimum atomic E-state index is -0.917. The first-order valence-corrected chi connectivity index (χ1v) is 8.17. The van der Waals surface area contributed by atoms with Crippen molar-refractivity contribution in [2.45, 2.75) is 51.5 Å². The van der Waals surface area contributed by atoms with Crippen molar-refractivity contribution in [3.05, 3.63) is 0 Å².